The van der Waals surface area contributed by atoms with E-state index < -0.39 is 0 Å². The van der Waals surface area contributed by atoms with E-state index in [1.165, 1.54) is 16.0 Å². The number of para-hydroxylation sites is 1. The highest BCUT2D eigenvalue weighted by Gasteiger charge is 2.31. The van der Waals surface area contributed by atoms with Crippen molar-refractivity contribution in [3.63, 3.8) is 0 Å². The van der Waals surface area contributed by atoms with Crippen LogP contribution in [0.4, 0.5) is 10.5 Å². The normalized spacial score (nSPS) is 16.5. The lowest BCUT2D eigenvalue weighted by Crippen LogP contribution is -2.51. The number of hydrogen-bond acceptors (Lipinski definition) is 5. The quantitative estimate of drug-likeness (QED) is 0.450. The number of carbonyl (C=O) groups is 4. The van der Waals surface area contributed by atoms with Gasteiger partial charge in [0.15, 0.2) is 0 Å². The first-order valence-electron chi connectivity index (χ1n) is 12.3. The largest absolute Gasteiger partial charge is 0.345 e. The lowest BCUT2D eigenvalue weighted by Gasteiger charge is -2.38. The zero-order valence-electron chi connectivity index (χ0n) is 21.5. The fourth-order valence-electron chi connectivity index (χ4n) is 4.75. The van der Waals surface area contributed by atoms with Crippen molar-refractivity contribution in [2.24, 2.45) is 7.05 Å². The van der Waals surface area contributed by atoms with Crippen LogP contribution in [-0.4, -0.2) is 100.0 Å². The molecule has 2 aliphatic heterocycles. The summed E-state index contributed by atoms with van der Waals surface area (Å²) in [7, 11) is 4.98. The van der Waals surface area contributed by atoms with Crippen molar-refractivity contribution in [3.05, 3.63) is 54.0 Å². The monoisotopic (exact) mass is 507 g/mol. The molecule has 0 radical (unpaired) electrons. The lowest BCUT2D eigenvalue weighted by molar-refractivity contribution is -0.135. The van der Waals surface area contributed by atoms with Gasteiger partial charge >= 0.3 is 6.03 Å². The van der Waals surface area contributed by atoms with Crippen LogP contribution in [0.15, 0.2) is 42.9 Å². The van der Waals surface area contributed by atoms with Crippen LogP contribution in [-0.2, 0) is 27.9 Å². The van der Waals surface area contributed by atoms with Gasteiger partial charge in [-0.3, -0.25) is 19.1 Å². The average molecular weight is 508 g/mol. The van der Waals surface area contributed by atoms with Crippen molar-refractivity contribution in [3.8, 4) is 0 Å². The van der Waals surface area contributed by atoms with E-state index in [2.05, 4.69) is 10.4 Å². The van der Waals surface area contributed by atoms with Crippen molar-refractivity contribution in [2.45, 2.75) is 25.3 Å². The summed E-state index contributed by atoms with van der Waals surface area (Å²) in [6.45, 7) is 1.42. The highest BCUT2D eigenvalue weighted by Crippen LogP contribution is 2.24. The molecule has 1 aromatic heterocycles. The molecular formula is C26H33N7O4. The summed E-state index contributed by atoms with van der Waals surface area (Å²) in [5.41, 5.74) is 2.79. The van der Waals surface area contributed by atoms with E-state index in [-0.39, 0.29) is 36.0 Å². The van der Waals surface area contributed by atoms with Gasteiger partial charge < -0.3 is 24.9 Å². The van der Waals surface area contributed by atoms with Gasteiger partial charge in [0.2, 0.25) is 12.3 Å². The summed E-state index contributed by atoms with van der Waals surface area (Å²) in [6.07, 6.45) is 7.26. The molecule has 196 valence electrons. The van der Waals surface area contributed by atoms with Gasteiger partial charge in [0.05, 0.1) is 11.8 Å². The zero-order valence-corrected chi connectivity index (χ0v) is 21.5. The standard InChI is InChI=1S/C26H33N7O4/c1-29(2)25(36)22(20-14-27-30(3)15-20)16-31(18-34)17-24(35)32-11-9-21(10-12-32)33-13-8-19-6-4-5-7-23(19)28-26(33)37/h4-7,14-16,18,21H,8-13,17H2,1-3H3,(H,28,37)/b22-16-. The Bertz CT molecular complexity index is 1200. The van der Waals surface area contributed by atoms with Crippen molar-refractivity contribution in [1.82, 2.24) is 29.4 Å². The summed E-state index contributed by atoms with van der Waals surface area (Å²) < 4.78 is 1.57. The number of hydrogen-bond donors (Lipinski definition) is 1. The molecule has 11 nitrogen and oxygen atoms in total. The molecule has 4 rings (SSSR count). The number of aromatic nitrogens is 2. The molecule has 0 saturated carbocycles. The molecule has 0 unspecified atom stereocenters. The van der Waals surface area contributed by atoms with Gasteiger partial charge in [-0.25, -0.2) is 4.79 Å². The third-order valence-corrected chi connectivity index (χ3v) is 6.80. The van der Waals surface area contributed by atoms with Crippen LogP contribution in [0.3, 0.4) is 0 Å². The maximum absolute atomic E-state index is 13.0. The van der Waals surface area contributed by atoms with Gasteiger partial charge in [-0.15, -0.1) is 0 Å². The number of likely N-dealkylation sites (N-methyl/N-ethyl adjacent to an activating group) is 1. The fraction of sp³-hybridized carbons (Fsp3) is 0.423. The Morgan fingerprint density at radius 1 is 1.16 bits per heavy atom. The Balaban J connectivity index is 1.37. The van der Waals surface area contributed by atoms with Crippen molar-refractivity contribution in [1.29, 1.82) is 0 Å². The highest BCUT2D eigenvalue weighted by molar-refractivity contribution is 6.19. The summed E-state index contributed by atoms with van der Waals surface area (Å²) in [5.74, 6) is -0.511. The third-order valence-electron chi connectivity index (χ3n) is 6.80. The Hall–Kier alpha value is -4.15. The molecule has 1 N–H and O–H groups in total. The number of nitrogens with zero attached hydrogens (tertiary/aromatic N) is 6. The van der Waals surface area contributed by atoms with E-state index in [1.807, 2.05) is 29.2 Å². The number of amides is 5. The van der Waals surface area contributed by atoms with E-state index >= 15 is 0 Å². The molecule has 0 aliphatic carbocycles. The first-order chi connectivity index (χ1) is 17.8. The minimum absolute atomic E-state index is 0.0373. The number of fused-ring (bicyclic) bond motifs is 1. The molecule has 5 amide bonds. The SMILES string of the molecule is CN(C)C(=O)/C(=C\N(C=O)CC(=O)N1CCC(N2CCc3ccccc3NC2=O)CC1)c1cnn(C)c1. The Morgan fingerprint density at radius 2 is 1.89 bits per heavy atom. The second kappa shape index (κ2) is 11.3. The maximum Gasteiger partial charge on any atom is 0.322 e. The second-order valence-corrected chi connectivity index (χ2v) is 9.57. The van der Waals surface area contributed by atoms with Gasteiger partial charge in [0.1, 0.15) is 6.54 Å². The molecule has 0 atom stereocenters. The number of nitrogens with one attached hydrogen (secondary N) is 1. The van der Waals surface area contributed by atoms with E-state index in [0.29, 0.717) is 44.4 Å². The van der Waals surface area contributed by atoms with Crippen LogP contribution < -0.4 is 5.32 Å². The van der Waals surface area contributed by atoms with E-state index in [1.54, 1.807) is 43.1 Å². The molecule has 37 heavy (non-hydrogen) atoms. The number of rotatable bonds is 7. The van der Waals surface area contributed by atoms with Crippen LogP contribution in [0.25, 0.3) is 5.57 Å². The molecule has 1 aromatic carbocycles. The predicted octanol–water partition coefficient (Wildman–Crippen LogP) is 1.39. The highest BCUT2D eigenvalue weighted by atomic mass is 16.2. The summed E-state index contributed by atoms with van der Waals surface area (Å²) >= 11 is 0. The molecule has 1 fully saturated rings. The number of carbonyl (C=O) groups excluding carboxylic acids is 4. The number of likely N-dealkylation sites (tertiary alicyclic amines) is 1. The van der Waals surface area contributed by atoms with E-state index in [9.17, 15) is 19.2 Å². The molecular weight excluding hydrogens is 474 g/mol. The van der Waals surface area contributed by atoms with Gasteiger partial charge in [-0.05, 0) is 30.9 Å². The third kappa shape index (κ3) is 5.99. The van der Waals surface area contributed by atoms with Crippen LogP contribution in [0.2, 0.25) is 0 Å². The minimum Gasteiger partial charge on any atom is -0.345 e. The Morgan fingerprint density at radius 3 is 2.54 bits per heavy atom. The molecule has 2 aliphatic rings. The van der Waals surface area contributed by atoms with Crippen molar-refractivity contribution in [2.75, 3.05) is 45.6 Å². The topological polar surface area (TPSA) is 111 Å². The summed E-state index contributed by atoms with van der Waals surface area (Å²) in [6, 6.07) is 7.75. The number of benzene rings is 1. The van der Waals surface area contributed by atoms with Crippen molar-refractivity contribution >= 4 is 35.5 Å². The fourth-order valence-corrected chi connectivity index (χ4v) is 4.75. The maximum atomic E-state index is 13.0. The van der Waals surface area contributed by atoms with Crippen LogP contribution >= 0.6 is 0 Å². The lowest BCUT2D eigenvalue weighted by atomic mass is 10.0. The summed E-state index contributed by atoms with van der Waals surface area (Å²) in [5, 5.41) is 7.11. The van der Waals surface area contributed by atoms with Crippen LogP contribution in [0.5, 0.6) is 0 Å². The minimum atomic E-state index is -0.300. The second-order valence-electron chi connectivity index (χ2n) is 9.57. The van der Waals surface area contributed by atoms with Gasteiger partial charge in [0, 0.05) is 70.5 Å². The van der Waals surface area contributed by atoms with Gasteiger partial charge in [0.25, 0.3) is 5.91 Å². The summed E-state index contributed by atoms with van der Waals surface area (Å²) in [4.78, 5) is 56.6. The number of urea groups is 1. The van der Waals surface area contributed by atoms with Crippen LogP contribution in [0, 0.1) is 0 Å². The molecule has 11 heteroatoms. The first-order valence-corrected chi connectivity index (χ1v) is 12.3. The molecule has 0 bridgehead atoms. The predicted molar refractivity (Wildman–Crippen MR) is 138 cm³/mol. The van der Waals surface area contributed by atoms with Crippen LogP contribution in [0.1, 0.15) is 24.0 Å². The number of anilines is 1. The average Bonchev–Trinajstić information content (AvgIpc) is 3.25. The van der Waals surface area contributed by atoms with Crippen molar-refractivity contribution < 1.29 is 19.2 Å². The smallest absolute Gasteiger partial charge is 0.322 e. The molecule has 1 saturated heterocycles. The van der Waals surface area contributed by atoms with E-state index in [0.717, 1.165) is 17.7 Å². The van der Waals surface area contributed by atoms with E-state index in [4.69, 9.17) is 0 Å². The molecule has 2 aromatic rings. The first kappa shape index (κ1) is 25.9. The Labute approximate surface area is 216 Å². The number of piperidine rings is 1. The zero-order chi connectivity index (χ0) is 26.5. The molecule has 0 spiro atoms. The Kier molecular flexibility index (Phi) is 7.90. The van der Waals surface area contributed by atoms with Gasteiger partial charge in [-0.1, -0.05) is 18.2 Å². The number of aryl methyl sites for hydroxylation is 1. The van der Waals surface area contributed by atoms with Gasteiger partial charge in [-0.2, -0.15) is 5.10 Å². The molecule has 3 heterocycles.